The molecule has 0 spiro atoms. The summed E-state index contributed by atoms with van der Waals surface area (Å²) in [5, 5.41) is 8.93. The normalized spacial score (nSPS) is 19.3. The van der Waals surface area contributed by atoms with Crippen molar-refractivity contribution in [1.29, 1.82) is 0 Å². The average molecular weight is 407 g/mol. The van der Waals surface area contributed by atoms with Crippen molar-refractivity contribution in [1.82, 2.24) is 15.3 Å². The summed E-state index contributed by atoms with van der Waals surface area (Å²) in [6, 6.07) is 16.3. The van der Waals surface area contributed by atoms with Gasteiger partial charge in [0.15, 0.2) is 0 Å². The van der Waals surface area contributed by atoms with Crippen LogP contribution in [0.15, 0.2) is 59.7 Å². The van der Waals surface area contributed by atoms with Crippen LogP contribution < -0.4 is 5.32 Å². The predicted molar refractivity (Wildman–Crippen MR) is 113 cm³/mol. The first-order chi connectivity index (χ1) is 13.9. The minimum atomic E-state index is -1.13. The lowest BCUT2D eigenvalue weighted by molar-refractivity contribution is -0.131. The Labute approximate surface area is 173 Å². The second-order valence-corrected chi connectivity index (χ2v) is 7.34. The predicted octanol–water partition coefficient (Wildman–Crippen LogP) is 4.39. The monoisotopic (exact) mass is 406 g/mol. The maximum Gasteiger partial charge on any atom is 0.346 e. The summed E-state index contributed by atoms with van der Waals surface area (Å²) in [7, 11) is 0. The highest BCUT2D eigenvalue weighted by molar-refractivity contribution is 6.32. The third-order valence-electron chi connectivity index (χ3n) is 5.13. The van der Waals surface area contributed by atoms with Crippen molar-refractivity contribution in [3.05, 3.63) is 76.4 Å². The van der Waals surface area contributed by atoms with Crippen molar-refractivity contribution in [3.63, 3.8) is 0 Å². The molecule has 3 amide bonds. The number of carbonyl (C=O) groups is 2. The number of pyridine rings is 1. The molecule has 0 unspecified atom stereocenters. The smallest absolute Gasteiger partial charge is 0.318 e. The number of benzene rings is 2. The van der Waals surface area contributed by atoms with E-state index in [2.05, 4.69) is 15.4 Å². The summed E-state index contributed by atoms with van der Waals surface area (Å²) in [6.45, 7) is 3.83. The number of hydrogen-bond donors (Lipinski definition) is 1. The highest BCUT2D eigenvalue weighted by atomic mass is 35.5. The molecule has 146 valence electrons. The molecule has 2 heterocycles. The highest BCUT2D eigenvalue weighted by Crippen LogP contribution is 2.32. The van der Waals surface area contributed by atoms with Crippen LogP contribution in [0.3, 0.4) is 0 Å². The lowest BCUT2D eigenvalue weighted by Gasteiger charge is -2.24. The van der Waals surface area contributed by atoms with Gasteiger partial charge in [-0.1, -0.05) is 61.0 Å². The van der Waals surface area contributed by atoms with Gasteiger partial charge in [-0.25, -0.2) is 9.78 Å². The number of hydrazone groups is 1. The fourth-order valence-electron chi connectivity index (χ4n) is 3.51. The number of fused-ring (bicyclic) bond motifs is 1. The number of urea groups is 1. The van der Waals surface area contributed by atoms with Crippen LogP contribution in [0.1, 0.15) is 30.0 Å². The number of imide groups is 1. The van der Waals surface area contributed by atoms with Crippen molar-refractivity contribution < 1.29 is 9.59 Å². The zero-order chi connectivity index (χ0) is 20.6. The molecule has 0 aliphatic carbocycles. The number of carbonyl (C=O) groups excluding carboxylic acids is 2. The first-order valence-corrected chi connectivity index (χ1v) is 9.65. The zero-order valence-corrected chi connectivity index (χ0v) is 16.8. The third-order valence-corrected chi connectivity index (χ3v) is 5.44. The largest absolute Gasteiger partial charge is 0.346 e. The van der Waals surface area contributed by atoms with E-state index in [-0.39, 0.29) is 5.15 Å². The van der Waals surface area contributed by atoms with Gasteiger partial charge in [0.2, 0.25) is 0 Å². The molecule has 1 aliphatic heterocycles. The number of nitrogens with zero attached hydrogens (tertiary/aromatic N) is 3. The Morgan fingerprint density at radius 3 is 2.66 bits per heavy atom. The molecule has 4 rings (SSSR count). The van der Waals surface area contributed by atoms with Gasteiger partial charge in [0.05, 0.1) is 11.7 Å². The summed E-state index contributed by atoms with van der Waals surface area (Å²) in [5.41, 5.74) is 1.98. The van der Waals surface area contributed by atoms with E-state index in [0.717, 1.165) is 27.0 Å². The van der Waals surface area contributed by atoms with E-state index in [1.807, 2.05) is 68.4 Å². The molecule has 7 heteroatoms. The van der Waals surface area contributed by atoms with Crippen LogP contribution in [-0.4, -0.2) is 28.1 Å². The molecule has 1 saturated heterocycles. The second-order valence-electron chi connectivity index (χ2n) is 6.98. The first kappa shape index (κ1) is 19.1. The summed E-state index contributed by atoms with van der Waals surface area (Å²) in [4.78, 5) is 30.0. The average Bonchev–Trinajstić information content (AvgIpc) is 2.97. The van der Waals surface area contributed by atoms with Crippen LogP contribution in [0.25, 0.3) is 10.9 Å². The van der Waals surface area contributed by atoms with Gasteiger partial charge in [-0.05, 0) is 36.6 Å². The van der Waals surface area contributed by atoms with Crippen molar-refractivity contribution in [2.45, 2.75) is 25.8 Å². The summed E-state index contributed by atoms with van der Waals surface area (Å²) >= 11 is 6.29. The fraction of sp³-hybridized carbons (Fsp3) is 0.182. The Morgan fingerprint density at radius 2 is 1.93 bits per heavy atom. The maximum absolute atomic E-state index is 13.1. The number of halogens is 1. The molecule has 1 aliphatic rings. The number of amides is 3. The Kier molecular flexibility index (Phi) is 4.80. The number of aryl methyl sites for hydroxylation is 1. The van der Waals surface area contributed by atoms with E-state index >= 15 is 0 Å². The molecule has 29 heavy (non-hydrogen) atoms. The molecule has 0 bridgehead atoms. The second kappa shape index (κ2) is 7.29. The number of aromatic nitrogens is 1. The molecule has 0 saturated carbocycles. The summed E-state index contributed by atoms with van der Waals surface area (Å²) < 4.78 is 0. The topological polar surface area (TPSA) is 74.7 Å². The molecular weight excluding hydrogens is 388 g/mol. The molecule has 1 atom stereocenters. The third kappa shape index (κ3) is 3.25. The minimum Gasteiger partial charge on any atom is -0.318 e. The van der Waals surface area contributed by atoms with Crippen molar-refractivity contribution in [2.24, 2.45) is 5.10 Å². The zero-order valence-electron chi connectivity index (χ0n) is 16.0. The van der Waals surface area contributed by atoms with Gasteiger partial charge in [0.25, 0.3) is 5.91 Å². The highest BCUT2D eigenvalue weighted by Gasteiger charge is 2.51. The van der Waals surface area contributed by atoms with Crippen LogP contribution >= 0.6 is 11.6 Å². The van der Waals surface area contributed by atoms with Gasteiger partial charge < -0.3 is 5.32 Å². The van der Waals surface area contributed by atoms with Crippen LogP contribution in [0.5, 0.6) is 0 Å². The minimum absolute atomic E-state index is 0.253. The summed E-state index contributed by atoms with van der Waals surface area (Å²) in [6.07, 6.45) is 1.80. The Morgan fingerprint density at radius 1 is 1.17 bits per heavy atom. The molecule has 1 fully saturated rings. The number of hydrogen-bond acceptors (Lipinski definition) is 4. The molecule has 1 aromatic heterocycles. The molecular formula is C22H19ClN4O2. The van der Waals surface area contributed by atoms with E-state index in [0.29, 0.717) is 12.0 Å². The molecule has 2 aromatic carbocycles. The number of nitrogens with one attached hydrogen (secondary N) is 1. The molecule has 1 N–H and O–H groups in total. The number of rotatable bonds is 4. The maximum atomic E-state index is 13.1. The quantitative estimate of drug-likeness (QED) is 0.396. The van der Waals surface area contributed by atoms with Crippen molar-refractivity contribution in [2.75, 3.05) is 0 Å². The van der Waals surface area contributed by atoms with E-state index < -0.39 is 17.5 Å². The lowest BCUT2D eigenvalue weighted by Crippen LogP contribution is -2.43. The van der Waals surface area contributed by atoms with E-state index in [1.165, 1.54) is 6.21 Å². The summed E-state index contributed by atoms with van der Waals surface area (Å²) in [5.74, 6) is -0.423. The molecule has 6 nitrogen and oxygen atoms in total. The molecule has 3 aromatic rings. The van der Waals surface area contributed by atoms with E-state index in [9.17, 15) is 9.59 Å². The van der Waals surface area contributed by atoms with E-state index in [4.69, 9.17) is 11.6 Å². The van der Waals surface area contributed by atoms with Gasteiger partial charge in [-0.3, -0.25) is 4.79 Å². The van der Waals surface area contributed by atoms with Gasteiger partial charge in [-0.2, -0.15) is 5.10 Å². The van der Waals surface area contributed by atoms with E-state index in [1.54, 1.807) is 0 Å². The Hall–Kier alpha value is -3.25. The van der Waals surface area contributed by atoms with Crippen molar-refractivity contribution in [3.8, 4) is 0 Å². The van der Waals surface area contributed by atoms with Gasteiger partial charge in [-0.15, -0.1) is 5.01 Å². The van der Waals surface area contributed by atoms with Crippen LogP contribution in [0.4, 0.5) is 4.79 Å². The van der Waals surface area contributed by atoms with Crippen LogP contribution in [-0.2, 0) is 10.3 Å². The SMILES string of the molecule is CC[C@]1(c2ccccc2)NC(=O)N(/N=C\c2cc3ccc(C)cc3nc2Cl)C1=O. The van der Waals surface area contributed by atoms with Gasteiger partial charge in [0, 0.05) is 10.9 Å². The van der Waals surface area contributed by atoms with Gasteiger partial charge in [0.1, 0.15) is 10.7 Å². The molecule has 0 radical (unpaired) electrons. The van der Waals surface area contributed by atoms with Crippen LogP contribution in [0, 0.1) is 6.92 Å². The lowest BCUT2D eigenvalue weighted by atomic mass is 9.87. The fourth-order valence-corrected chi connectivity index (χ4v) is 3.70. The Bertz CT molecular complexity index is 1150. The van der Waals surface area contributed by atoms with Crippen molar-refractivity contribution >= 4 is 40.7 Å². The Balaban J connectivity index is 1.68. The van der Waals surface area contributed by atoms with Crippen LogP contribution in [0.2, 0.25) is 5.15 Å². The van der Waals surface area contributed by atoms with Gasteiger partial charge >= 0.3 is 6.03 Å². The standard InChI is InChI=1S/C22H19ClN4O2/c1-3-22(17-7-5-4-6-8-17)20(28)27(21(29)26-22)24-13-16-12-15-10-9-14(2)11-18(15)25-19(16)23/h4-13H,3H2,1-2H3,(H,26,29)/b24-13-/t22-/m1/s1. The first-order valence-electron chi connectivity index (χ1n) is 9.28.